The number of nitrogens with two attached hydrogens (primary N) is 1. The summed E-state index contributed by atoms with van der Waals surface area (Å²) in [5.41, 5.74) is 7.44. The average molecular weight is 277 g/mol. The van der Waals surface area contributed by atoms with Gasteiger partial charge < -0.3 is 19.9 Å². The predicted molar refractivity (Wildman–Crippen MR) is 79.3 cm³/mol. The van der Waals surface area contributed by atoms with E-state index in [0.717, 1.165) is 17.5 Å². The number of ether oxygens (including phenoxy) is 3. The van der Waals surface area contributed by atoms with Crippen LogP contribution in [0.25, 0.3) is 0 Å². The number of methoxy groups -OCH3 is 1. The Morgan fingerprint density at radius 2 is 1.95 bits per heavy atom. The van der Waals surface area contributed by atoms with E-state index in [2.05, 4.69) is 11.8 Å². The molecular formula is C16H23NO3. The van der Waals surface area contributed by atoms with Crippen LogP contribution >= 0.6 is 0 Å². The van der Waals surface area contributed by atoms with E-state index in [4.69, 9.17) is 19.9 Å². The summed E-state index contributed by atoms with van der Waals surface area (Å²) >= 11 is 0. The highest BCUT2D eigenvalue weighted by Gasteiger charge is 1.95. The number of hydrogen-bond acceptors (Lipinski definition) is 4. The molecular weight excluding hydrogens is 254 g/mol. The zero-order valence-electron chi connectivity index (χ0n) is 12.1. The SMILES string of the molecule is COCCOCCCOCc1cccc(C#CCN)c1. The maximum Gasteiger partial charge on any atom is 0.0717 e. The Hall–Kier alpha value is -1.38. The van der Waals surface area contributed by atoms with E-state index < -0.39 is 0 Å². The number of hydrogen-bond donors (Lipinski definition) is 1. The smallest absolute Gasteiger partial charge is 0.0717 e. The first kappa shape index (κ1) is 16.7. The molecule has 0 atom stereocenters. The molecule has 0 bridgehead atoms. The maximum absolute atomic E-state index is 5.60. The van der Waals surface area contributed by atoms with Gasteiger partial charge in [-0.2, -0.15) is 0 Å². The number of benzene rings is 1. The van der Waals surface area contributed by atoms with E-state index >= 15 is 0 Å². The van der Waals surface area contributed by atoms with E-state index in [1.54, 1.807) is 7.11 Å². The van der Waals surface area contributed by atoms with Gasteiger partial charge in [0.2, 0.25) is 0 Å². The second kappa shape index (κ2) is 11.4. The van der Waals surface area contributed by atoms with E-state index in [1.807, 2.05) is 24.3 Å². The first-order chi connectivity index (χ1) is 9.86. The monoisotopic (exact) mass is 277 g/mol. The second-order valence-corrected chi connectivity index (χ2v) is 4.22. The number of rotatable bonds is 9. The minimum absolute atomic E-state index is 0.379. The van der Waals surface area contributed by atoms with Crippen LogP contribution in [0.5, 0.6) is 0 Å². The van der Waals surface area contributed by atoms with Gasteiger partial charge in [-0.3, -0.25) is 0 Å². The van der Waals surface area contributed by atoms with E-state index in [0.29, 0.717) is 39.6 Å². The Labute approximate surface area is 121 Å². The van der Waals surface area contributed by atoms with E-state index in [1.165, 1.54) is 0 Å². The lowest BCUT2D eigenvalue weighted by atomic mass is 10.1. The highest BCUT2D eigenvalue weighted by molar-refractivity contribution is 5.37. The Bertz CT molecular complexity index is 423. The van der Waals surface area contributed by atoms with Crippen LogP contribution in [-0.2, 0) is 20.8 Å². The third-order valence-corrected chi connectivity index (χ3v) is 2.54. The van der Waals surface area contributed by atoms with Crippen LogP contribution in [0.1, 0.15) is 17.5 Å². The topological polar surface area (TPSA) is 53.7 Å². The molecule has 20 heavy (non-hydrogen) atoms. The highest BCUT2D eigenvalue weighted by atomic mass is 16.5. The van der Waals surface area contributed by atoms with Crippen molar-refractivity contribution >= 4 is 0 Å². The van der Waals surface area contributed by atoms with Gasteiger partial charge in [-0.1, -0.05) is 24.0 Å². The van der Waals surface area contributed by atoms with Crippen LogP contribution in [0.4, 0.5) is 0 Å². The van der Waals surface area contributed by atoms with Crippen LogP contribution in [0.2, 0.25) is 0 Å². The molecule has 1 aromatic carbocycles. The molecule has 110 valence electrons. The fourth-order valence-electron chi connectivity index (χ4n) is 1.59. The van der Waals surface area contributed by atoms with Crippen LogP contribution in [0.15, 0.2) is 24.3 Å². The fraction of sp³-hybridized carbons (Fsp3) is 0.500. The molecule has 0 saturated carbocycles. The molecule has 0 saturated heterocycles. The fourth-order valence-corrected chi connectivity index (χ4v) is 1.59. The maximum atomic E-state index is 5.60. The predicted octanol–water partition coefficient (Wildman–Crippen LogP) is 1.57. The van der Waals surface area contributed by atoms with Gasteiger partial charge in [-0.15, -0.1) is 0 Å². The minimum Gasteiger partial charge on any atom is -0.382 e. The van der Waals surface area contributed by atoms with Crippen molar-refractivity contribution < 1.29 is 14.2 Å². The standard InChI is InChI=1S/C16H23NO3/c1-18-11-12-19-9-4-10-20-14-16-6-2-5-15(13-16)7-3-8-17/h2,5-6,13H,4,8-12,14,17H2,1H3. The quantitative estimate of drug-likeness (QED) is 0.550. The summed E-state index contributed by atoms with van der Waals surface area (Å²) in [5, 5.41) is 0. The molecule has 0 unspecified atom stereocenters. The lowest BCUT2D eigenvalue weighted by Gasteiger charge is -2.06. The molecule has 1 aromatic rings. The molecule has 0 aliphatic carbocycles. The average Bonchev–Trinajstić information content (AvgIpc) is 2.48. The third-order valence-electron chi connectivity index (χ3n) is 2.54. The summed E-state index contributed by atoms with van der Waals surface area (Å²) in [5.74, 6) is 5.86. The lowest BCUT2D eigenvalue weighted by molar-refractivity contribution is 0.0483. The van der Waals surface area contributed by atoms with Crippen molar-refractivity contribution in [1.82, 2.24) is 0 Å². The largest absolute Gasteiger partial charge is 0.382 e. The Balaban J connectivity index is 2.15. The summed E-state index contributed by atoms with van der Waals surface area (Å²) in [4.78, 5) is 0. The summed E-state index contributed by atoms with van der Waals surface area (Å²) in [6, 6.07) is 8.00. The zero-order valence-corrected chi connectivity index (χ0v) is 12.1. The molecule has 0 radical (unpaired) electrons. The molecule has 0 amide bonds. The van der Waals surface area contributed by atoms with E-state index in [-0.39, 0.29) is 0 Å². The summed E-state index contributed by atoms with van der Waals surface area (Å²) in [6.07, 6.45) is 0.885. The molecule has 2 N–H and O–H groups in total. The van der Waals surface area contributed by atoms with Crippen molar-refractivity contribution in [2.75, 3.05) is 40.1 Å². The first-order valence-electron chi connectivity index (χ1n) is 6.79. The summed E-state index contributed by atoms with van der Waals surface area (Å²) < 4.78 is 15.8. The lowest BCUT2D eigenvalue weighted by Crippen LogP contribution is -2.05. The van der Waals surface area contributed by atoms with Crippen LogP contribution in [0, 0.1) is 11.8 Å². The van der Waals surface area contributed by atoms with E-state index in [9.17, 15) is 0 Å². The molecule has 0 aliphatic rings. The Morgan fingerprint density at radius 1 is 1.10 bits per heavy atom. The van der Waals surface area contributed by atoms with Gasteiger partial charge in [0.25, 0.3) is 0 Å². The van der Waals surface area contributed by atoms with Crippen molar-refractivity contribution in [3.63, 3.8) is 0 Å². The Morgan fingerprint density at radius 3 is 2.75 bits per heavy atom. The van der Waals surface area contributed by atoms with Gasteiger partial charge in [0.05, 0.1) is 26.4 Å². The molecule has 0 aliphatic heterocycles. The van der Waals surface area contributed by atoms with Gasteiger partial charge in [0, 0.05) is 25.9 Å². The van der Waals surface area contributed by atoms with Crippen LogP contribution < -0.4 is 5.73 Å². The minimum atomic E-state index is 0.379. The molecule has 4 heteroatoms. The second-order valence-electron chi connectivity index (χ2n) is 4.22. The van der Waals surface area contributed by atoms with Gasteiger partial charge in [-0.25, -0.2) is 0 Å². The van der Waals surface area contributed by atoms with Gasteiger partial charge >= 0.3 is 0 Å². The van der Waals surface area contributed by atoms with Gasteiger partial charge in [0.15, 0.2) is 0 Å². The van der Waals surface area contributed by atoms with Crippen LogP contribution in [0.3, 0.4) is 0 Å². The molecule has 0 fully saturated rings. The molecule has 4 nitrogen and oxygen atoms in total. The van der Waals surface area contributed by atoms with Crippen molar-refractivity contribution in [3.8, 4) is 11.8 Å². The normalized spacial score (nSPS) is 10.1. The van der Waals surface area contributed by atoms with Crippen molar-refractivity contribution in [3.05, 3.63) is 35.4 Å². The zero-order chi connectivity index (χ0) is 14.5. The van der Waals surface area contributed by atoms with Crippen molar-refractivity contribution in [2.45, 2.75) is 13.0 Å². The first-order valence-corrected chi connectivity index (χ1v) is 6.79. The molecule has 0 aromatic heterocycles. The molecule has 0 spiro atoms. The summed E-state index contributed by atoms with van der Waals surface area (Å²) in [6.45, 7) is 3.63. The van der Waals surface area contributed by atoms with Crippen molar-refractivity contribution in [1.29, 1.82) is 0 Å². The third kappa shape index (κ3) is 7.93. The van der Waals surface area contributed by atoms with Crippen molar-refractivity contribution in [2.24, 2.45) is 5.73 Å². The highest BCUT2D eigenvalue weighted by Crippen LogP contribution is 2.05. The molecule has 0 heterocycles. The Kier molecular flexibility index (Phi) is 9.54. The van der Waals surface area contributed by atoms with Gasteiger partial charge in [-0.05, 0) is 24.1 Å². The molecule has 1 rings (SSSR count). The van der Waals surface area contributed by atoms with Crippen LogP contribution in [-0.4, -0.2) is 40.1 Å². The van der Waals surface area contributed by atoms with Gasteiger partial charge in [0.1, 0.15) is 0 Å². The summed E-state index contributed by atoms with van der Waals surface area (Å²) in [7, 11) is 1.67.